The number of hydrogen-bond acceptors (Lipinski definition) is 4. The minimum absolute atomic E-state index is 0.0670. The van der Waals surface area contributed by atoms with Gasteiger partial charge in [-0.05, 0) is 30.5 Å². The molecule has 25 heavy (non-hydrogen) atoms. The maximum absolute atomic E-state index is 13.9. The molecule has 0 radical (unpaired) electrons. The van der Waals surface area contributed by atoms with E-state index in [2.05, 4.69) is 10.2 Å². The number of benzene rings is 1. The summed E-state index contributed by atoms with van der Waals surface area (Å²) in [4.78, 5) is 15.8. The van der Waals surface area contributed by atoms with Crippen molar-refractivity contribution in [2.75, 3.05) is 26.3 Å². The average molecular weight is 366 g/mol. The van der Waals surface area contributed by atoms with Crippen molar-refractivity contribution in [3.8, 4) is 0 Å². The van der Waals surface area contributed by atoms with Gasteiger partial charge in [0.15, 0.2) is 0 Å². The summed E-state index contributed by atoms with van der Waals surface area (Å²) in [5.74, 6) is -2.45. The second-order valence-electron chi connectivity index (χ2n) is 5.97. The Morgan fingerprint density at radius 1 is 1.20 bits per heavy atom. The molecule has 2 unspecified atom stereocenters. The summed E-state index contributed by atoms with van der Waals surface area (Å²) in [7, 11) is 0. The zero-order chi connectivity index (χ0) is 17.8. The molecule has 0 saturated carbocycles. The average Bonchev–Trinajstić information content (AvgIpc) is 3.10. The fourth-order valence-electron chi connectivity index (χ4n) is 3.13. The number of nitrogens with zero attached hydrogens (tertiary/aromatic N) is 1. The molecule has 2 heterocycles. The van der Waals surface area contributed by atoms with E-state index in [0.29, 0.717) is 13.2 Å². The Bertz CT molecular complexity index is 698. The third kappa shape index (κ3) is 4.05. The Morgan fingerprint density at radius 3 is 2.48 bits per heavy atom. The van der Waals surface area contributed by atoms with Gasteiger partial charge in [-0.3, -0.25) is 9.69 Å². The molecular formula is C18H20F2N2O2S. The molecule has 0 spiro atoms. The van der Waals surface area contributed by atoms with Gasteiger partial charge >= 0.3 is 0 Å². The topological polar surface area (TPSA) is 41.6 Å². The van der Waals surface area contributed by atoms with Gasteiger partial charge in [-0.25, -0.2) is 8.78 Å². The van der Waals surface area contributed by atoms with Gasteiger partial charge in [0.2, 0.25) is 0 Å². The second-order valence-corrected chi connectivity index (χ2v) is 6.95. The van der Waals surface area contributed by atoms with Gasteiger partial charge in [0.1, 0.15) is 17.2 Å². The van der Waals surface area contributed by atoms with Crippen LogP contribution in [0, 0.1) is 11.6 Å². The molecule has 0 bridgehead atoms. The van der Waals surface area contributed by atoms with Crippen LogP contribution in [0.3, 0.4) is 0 Å². The zero-order valence-corrected chi connectivity index (χ0v) is 14.7. The van der Waals surface area contributed by atoms with Crippen LogP contribution in [0.15, 0.2) is 35.7 Å². The van der Waals surface area contributed by atoms with Crippen molar-refractivity contribution in [1.29, 1.82) is 0 Å². The van der Waals surface area contributed by atoms with Crippen molar-refractivity contribution in [1.82, 2.24) is 10.2 Å². The molecule has 134 valence electrons. The lowest BCUT2D eigenvalue weighted by atomic mass is 10.0. The Morgan fingerprint density at radius 2 is 1.88 bits per heavy atom. The van der Waals surface area contributed by atoms with Crippen LogP contribution < -0.4 is 5.32 Å². The SMILES string of the molecule is CC(NC(=O)c1c(F)cccc1F)C(c1cccs1)N1CCOCC1. The van der Waals surface area contributed by atoms with Gasteiger partial charge in [-0.2, -0.15) is 0 Å². The second kappa shape index (κ2) is 8.03. The molecule has 2 aromatic rings. The number of halogens is 2. The van der Waals surface area contributed by atoms with Crippen molar-refractivity contribution < 1.29 is 18.3 Å². The number of amides is 1. The van der Waals surface area contributed by atoms with E-state index in [0.717, 1.165) is 30.1 Å². The molecule has 1 aromatic heterocycles. The van der Waals surface area contributed by atoms with Gasteiger partial charge < -0.3 is 10.1 Å². The summed E-state index contributed by atoms with van der Waals surface area (Å²) in [6, 6.07) is 7.00. The van der Waals surface area contributed by atoms with E-state index in [9.17, 15) is 13.6 Å². The van der Waals surface area contributed by atoms with Crippen LogP contribution in [0.25, 0.3) is 0 Å². The number of ether oxygens (including phenoxy) is 1. The minimum atomic E-state index is -0.858. The fraction of sp³-hybridized carbons (Fsp3) is 0.389. The summed E-state index contributed by atoms with van der Waals surface area (Å²) in [5, 5.41) is 4.75. The zero-order valence-electron chi connectivity index (χ0n) is 13.9. The fourth-order valence-corrected chi connectivity index (χ4v) is 4.09. The first kappa shape index (κ1) is 18.0. The van der Waals surface area contributed by atoms with Crippen LogP contribution in [0.2, 0.25) is 0 Å². The minimum Gasteiger partial charge on any atom is -0.379 e. The summed E-state index contributed by atoms with van der Waals surface area (Å²) >= 11 is 1.60. The van der Waals surface area contributed by atoms with Gasteiger partial charge in [-0.1, -0.05) is 12.1 Å². The molecule has 1 saturated heterocycles. The first-order chi connectivity index (χ1) is 12.1. The Labute approximate surface area is 149 Å². The van der Waals surface area contributed by atoms with Gasteiger partial charge in [0.25, 0.3) is 5.91 Å². The van der Waals surface area contributed by atoms with Crippen LogP contribution in [0.5, 0.6) is 0 Å². The molecule has 2 atom stereocenters. The predicted molar refractivity (Wildman–Crippen MR) is 92.7 cm³/mol. The third-order valence-electron chi connectivity index (χ3n) is 4.30. The van der Waals surface area contributed by atoms with Gasteiger partial charge in [0.05, 0.1) is 19.3 Å². The lowest BCUT2D eigenvalue weighted by molar-refractivity contribution is 0.00967. The van der Waals surface area contributed by atoms with E-state index in [1.165, 1.54) is 6.07 Å². The largest absolute Gasteiger partial charge is 0.379 e. The molecule has 0 aliphatic carbocycles. The maximum atomic E-state index is 13.9. The van der Waals surface area contributed by atoms with Gasteiger partial charge in [-0.15, -0.1) is 11.3 Å². The van der Waals surface area contributed by atoms with Crippen molar-refractivity contribution >= 4 is 17.2 Å². The lowest BCUT2D eigenvalue weighted by Crippen LogP contribution is -2.48. The summed E-state index contributed by atoms with van der Waals surface area (Å²) in [6.45, 7) is 4.61. The highest BCUT2D eigenvalue weighted by molar-refractivity contribution is 7.10. The molecule has 3 rings (SSSR count). The Balaban J connectivity index is 1.80. The van der Waals surface area contributed by atoms with E-state index >= 15 is 0 Å². The van der Waals surface area contributed by atoms with E-state index < -0.39 is 23.1 Å². The van der Waals surface area contributed by atoms with E-state index in [-0.39, 0.29) is 12.1 Å². The predicted octanol–water partition coefficient (Wildman–Crippen LogP) is 3.22. The Hall–Kier alpha value is -1.83. The molecule has 1 amide bonds. The number of morpholine rings is 1. The Kier molecular flexibility index (Phi) is 5.78. The molecule has 1 fully saturated rings. The third-order valence-corrected chi connectivity index (χ3v) is 5.24. The van der Waals surface area contributed by atoms with Crippen LogP contribution in [0.1, 0.15) is 28.2 Å². The quantitative estimate of drug-likeness (QED) is 0.883. The lowest BCUT2D eigenvalue weighted by Gasteiger charge is -2.37. The molecule has 4 nitrogen and oxygen atoms in total. The smallest absolute Gasteiger partial charge is 0.257 e. The molecule has 7 heteroatoms. The molecule has 1 aliphatic heterocycles. The number of nitrogens with one attached hydrogen (secondary N) is 1. The van der Waals surface area contributed by atoms with Crippen LogP contribution in [0.4, 0.5) is 8.78 Å². The van der Waals surface area contributed by atoms with E-state index in [1.54, 1.807) is 11.3 Å². The van der Waals surface area contributed by atoms with E-state index in [4.69, 9.17) is 4.74 Å². The summed E-state index contributed by atoms with van der Waals surface area (Å²) in [5.41, 5.74) is -0.541. The number of hydrogen-bond donors (Lipinski definition) is 1. The highest BCUT2D eigenvalue weighted by atomic mass is 32.1. The van der Waals surface area contributed by atoms with Crippen molar-refractivity contribution in [2.45, 2.75) is 19.0 Å². The van der Waals surface area contributed by atoms with Crippen molar-refractivity contribution in [3.63, 3.8) is 0 Å². The van der Waals surface area contributed by atoms with Crippen LogP contribution in [-0.2, 0) is 4.74 Å². The van der Waals surface area contributed by atoms with Gasteiger partial charge in [0, 0.05) is 24.0 Å². The number of carbonyl (C=O) groups excluding carboxylic acids is 1. The standard InChI is InChI=1S/C18H20F2N2O2S/c1-12(21-18(23)16-13(19)4-2-5-14(16)20)17(15-6-3-11-25-15)22-7-9-24-10-8-22/h2-6,11-12,17H,7-10H2,1H3,(H,21,23). The first-order valence-corrected chi connectivity index (χ1v) is 9.06. The number of rotatable bonds is 5. The molecule has 1 N–H and O–H groups in total. The van der Waals surface area contributed by atoms with E-state index in [1.807, 2.05) is 24.4 Å². The van der Waals surface area contributed by atoms with Crippen LogP contribution >= 0.6 is 11.3 Å². The highest BCUT2D eigenvalue weighted by Crippen LogP contribution is 2.29. The highest BCUT2D eigenvalue weighted by Gasteiger charge is 2.30. The summed E-state index contributed by atoms with van der Waals surface area (Å²) < 4.78 is 33.1. The van der Waals surface area contributed by atoms with Crippen molar-refractivity contribution in [2.24, 2.45) is 0 Å². The normalized spacial score (nSPS) is 17.9. The maximum Gasteiger partial charge on any atom is 0.257 e. The molecule has 1 aromatic carbocycles. The monoisotopic (exact) mass is 366 g/mol. The summed E-state index contributed by atoms with van der Waals surface area (Å²) in [6.07, 6.45) is 0. The molecule has 1 aliphatic rings. The first-order valence-electron chi connectivity index (χ1n) is 8.18. The number of carbonyl (C=O) groups is 1. The molecular weight excluding hydrogens is 346 g/mol. The number of thiophene rings is 1. The van der Waals surface area contributed by atoms with Crippen LogP contribution in [-0.4, -0.2) is 43.2 Å². The van der Waals surface area contributed by atoms with Crippen molar-refractivity contribution in [3.05, 3.63) is 57.8 Å².